The molecular weight excluding hydrogens is 174 g/mol. The zero-order valence-corrected chi connectivity index (χ0v) is 8.08. The van der Waals surface area contributed by atoms with E-state index in [1.807, 2.05) is 25.1 Å². The van der Waals surface area contributed by atoms with E-state index in [4.69, 9.17) is 5.26 Å². The fraction of sp³-hybridized carbons (Fsp3) is 0.333. The number of benzene rings is 1. The topological polar surface area (TPSA) is 40.9 Å². The molecule has 0 bridgehead atoms. The van der Waals surface area contributed by atoms with Gasteiger partial charge in [0.05, 0.1) is 6.07 Å². The molecule has 2 rings (SSSR count). The normalized spacial score (nSPS) is 17.1. The summed E-state index contributed by atoms with van der Waals surface area (Å²) in [6.45, 7) is 1.90. The van der Waals surface area contributed by atoms with Crippen molar-refractivity contribution in [3.8, 4) is 6.07 Å². The van der Waals surface area contributed by atoms with Crippen molar-refractivity contribution in [3.63, 3.8) is 0 Å². The van der Waals surface area contributed by atoms with Crippen LogP contribution in [0.1, 0.15) is 28.8 Å². The van der Waals surface area contributed by atoms with E-state index in [-0.39, 0.29) is 5.78 Å². The molecule has 14 heavy (non-hydrogen) atoms. The van der Waals surface area contributed by atoms with Crippen LogP contribution in [-0.2, 0) is 0 Å². The maximum atomic E-state index is 12.0. The lowest BCUT2D eigenvalue weighted by molar-refractivity contribution is 0.0934. The van der Waals surface area contributed by atoms with E-state index in [1.54, 1.807) is 6.07 Å². The molecule has 0 N–H and O–H groups in total. The summed E-state index contributed by atoms with van der Waals surface area (Å²) in [5.41, 5.74) is 0.970. The first-order valence-electron chi connectivity index (χ1n) is 4.71. The standard InChI is InChI=1S/C12H11NO/c1-9-4-2-3-5-10(9)11(14)12(8-13)6-7-12/h2-5H,6-7H2,1H3. The van der Waals surface area contributed by atoms with Gasteiger partial charge < -0.3 is 0 Å². The highest BCUT2D eigenvalue weighted by molar-refractivity contribution is 6.05. The number of carbonyl (C=O) groups excluding carboxylic acids is 1. The number of hydrogen-bond acceptors (Lipinski definition) is 2. The quantitative estimate of drug-likeness (QED) is 0.664. The largest absolute Gasteiger partial charge is 0.292 e. The highest BCUT2D eigenvalue weighted by atomic mass is 16.1. The van der Waals surface area contributed by atoms with Crippen LogP contribution < -0.4 is 0 Å². The van der Waals surface area contributed by atoms with Gasteiger partial charge in [0.2, 0.25) is 0 Å². The summed E-state index contributed by atoms with van der Waals surface area (Å²) < 4.78 is 0. The third-order valence-electron chi connectivity index (χ3n) is 2.79. The van der Waals surface area contributed by atoms with Crippen LogP contribution in [0.4, 0.5) is 0 Å². The Balaban J connectivity index is 2.38. The second kappa shape index (κ2) is 2.95. The zero-order chi connectivity index (χ0) is 10.2. The first-order valence-corrected chi connectivity index (χ1v) is 4.71. The smallest absolute Gasteiger partial charge is 0.183 e. The van der Waals surface area contributed by atoms with Crippen molar-refractivity contribution in [1.29, 1.82) is 5.26 Å². The molecule has 1 aromatic rings. The molecule has 0 amide bonds. The molecule has 0 aromatic heterocycles. The van der Waals surface area contributed by atoms with Gasteiger partial charge in [0.1, 0.15) is 5.41 Å². The van der Waals surface area contributed by atoms with Crippen molar-refractivity contribution in [2.75, 3.05) is 0 Å². The first-order chi connectivity index (χ1) is 6.69. The van der Waals surface area contributed by atoms with Gasteiger partial charge in [-0.15, -0.1) is 0 Å². The molecule has 0 saturated heterocycles. The molecule has 1 aliphatic carbocycles. The maximum Gasteiger partial charge on any atom is 0.183 e. The molecule has 1 saturated carbocycles. The van der Waals surface area contributed by atoms with Crippen molar-refractivity contribution in [2.45, 2.75) is 19.8 Å². The second-order valence-electron chi connectivity index (χ2n) is 3.84. The van der Waals surface area contributed by atoms with E-state index in [9.17, 15) is 4.79 Å². The Bertz CT molecular complexity index is 424. The SMILES string of the molecule is Cc1ccccc1C(=O)C1(C#N)CC1. The molecule has 70 valence electrons. The van der Waals surface area contributed by atoms with Crippen LogP contribution in [0.5, 0.6) is 0 Å². The fourth-order valence-corrected chi connectivity index (χ4v) is 1.60. The summed E-state index contributed by atoms with van der Waals surface area (Å²) in [7, 11) is 0. The number of hydrogen-bond donors (Lipinski definition) is 0. The summed E-state index contributed by atoms with van der Waals surface area (Å²) in [5, 5.41) is 8.91. The van der Waals surface area contributed by atoms with E-state index >= 15 is 0 Å². The van der Waals surface area contributed by atoms with E-state index in [0.29, 0.717) is 5.56 Å². The highest BCUT2D eigenvalue weighted by Crippen LogP contribution is 2.47. The van der Waals surface area contributed by atoms with Crippen LogP contribution in [0.2, 0.25) is 0 Å². The molecule has 0 aliphatic heterocycles. The van der Waals surface area contributed by atoms with Gasteiger partial charge in [-0.25, -0.2) is 0 Å². The van der Waals surface area contributed by atoms with Crippen molar-refractivity contribution < 1.29 is 4.79 Å². The van der Waals surface area contributed by atoms with Crippen LogP contribution >= 0.6 is 0 Å². The van der Waals surface area contributed by atoms with Gasteiger partial charge in [-0.3, -0.25) is 4.79 Å². The lowest BCUT2D eigenvalue weighted by Crippen LogP contribution is -2.14. The molecule has 0 spiro atoms. The molecular formula is C12H11NO. The van der Waals surface area contributed by atoms with E-state index in [1.165, 1.54) is 0 Å². The molecule has 0 atom stereocenters. The monoisotopic (exact) mass is 185 g/mol. The third-order valence-corrected chi connectivity index (χ3v) is 2.79. The van der Waals surface area contributed by atoms with Crippen LogP contribution in [0.25, 0.3) is 0 Å². The van der Waals surface area contributed by atoms with Gasteiger partial charge in [-0.1, -0.05) is 24.3 Å². The van der Waals surface area contributed by atoms with Crippen LogP contribution in [-0.4, -0.2) is 5.78 Å². The van der Waals surface area contributed by atoms with Crippen molar-refractivity contribution >= 4 is 5.78 Å². The molecule has 1 aliphatic rings. The Morgan fingerprint density at radius 3 is 2.57 bits per heavy atom. The zero-order valence-electron chi connectivity index (χ0n) is 8.08. The van der Waals surface area contributed by atoms with E-state index in [2.05, 4.69) is 6.07 Å². The average Bonchev–Trinajstić information content (AvgIpc) is 2.98. The Hall–Kier alpha value is -1.62. The van der Waals surface area contributed by atoms with Crippen LogP contribution in [0.15, 0.2) is 24.3 Å². The lowest BCUT2D eigenvalue weighted by atomic mass is 9.93. The van der Waals surface area contributed by atoms with Gasteiger partial charge in [0.25, 0.3) is 0 Å². The average molecular weight is 185 g/mol. The van der Waals surface area contributed by atoms with Crippen molar-refractivity contribution in [2.24, 2.45) is 5.41 Å². The molecule has 2 heteroatoms. The molecule has 2 nitrogen and oxygen atoms in total. The maximum absolute atomic E-state index is 12.0. The minimum Gasteiger partial charge on any atom is -0.292 e. The number of carbonyl (C=O) groups is 1. The Labute approximate surface area is 83.2 Å². The first kappa shape index (κ1) is 8.96. The van der Waals surface area contributed by atoms with Crippen molar-refractivity contribution in [1.82, 2.24) is 0 Å². The van der Waals surface area contributed by atoms with Gasteiger partial charge in [0.15, 0.2) is 5.78 Å². The third kappa shape index (κ3) is 1.22. The Kier molecular flexibility index (Phi) is 1.89. The van der Waals surface area contributed by atoms with Gasteiger partial charge in [0, 0.05) is 5.56 Å². The number of ketones is 1. The molecule has 0 heterocycles. The predicted molar refractivity (Wildman–Crippen MR) is 52.8 cm³/mol. The lowest BCUT2D eigenvalue weighted by Gasteiger charge is -2.07. The minimum atomic E-state index is -0.688. The molecule has 0 unspecified atom stereocenters. The predicted octanol–water partition coefficient (Wildman–Crippen LogP) is 2.48. The molecule has 0 radical (unpaired) electrons. The van der Waals surface area contributed by atoms with Gasteiger partial charge in [-0.2, -0.15) is 5.26 Å². The van der Waals surface area contributed by atoms with E-state index < -0.39 is 5.41 Å². The number of aryl methyl sites for hydroxylation is 1. The fourth-order valence-electron chi connectivity index (χ4n) is 1.60. The number of Topliss-reactive ketones (excluding diaryl/α,β-unsaturated/α-hetero) is 1. The summed E-state index contributed by atoms with van der Waals surface area (Å²) in [4.78, 5) is 12.0. The summed E-state index contributed by atoms with van der Waals surface area (Å²) in [5.74, 6) is -0.00176. The number of nitriles is 1. The van der Waals surface area contributed by atoms with Crippen LogP contribution in [0, 0.1) is 23.7 Å². The highest BCUT2D eigenvalue weighted by Gasteiger charge is 2.50. The van der Waals surface area contributed by atoms with Gasteiger partial charge >= 0.3 is 0 Å². The second-order valence-corrected chi connectivity index (χ2v) is 3.84. The molecule has 1 aromatic carbocycles. The summed E-state index contributed by atoms with van der Waals surface area (Å²) in [6.07, 6.45) is 1.44. The summed E-state index contributed by atoms with van der Waals surface area (Å²) in [6, 6.07) is 9.57. The van der Waals surface area contributed by atoms with Crippen LogP contribution in [0.3, 0.4) is 0 Å². The Morgan fingerprint density at radius 2 is 2.07 bits per heavy atom. The number of rotatable bonds is 2. The van der Waals surface area contributed by atoms with E-state index in [0.717, 1.165) is 18.4 Å². The number of nitrogens with zero attached hydrogens (tertiary/aromatic N) is 1. The van der Waals surface area contributed by atoms with Gasteiger partial charge in [-0.05, 0) is 25.3 Å². The summed E-state index contributed by atoms with van der Waals surface area (Å²) >= 11 is 0. The Morgan fingerprint density at radius 1 is 1.43 bits per heavy atom. The minimum absolute atomic E-state index is 0.00176. The van der Waals surface area contributed by atoms with Crippen molar-refractivity contribution in [3.05, 3.63) is 35.4 Å². The molecule has 1 fully saturated rings.